The van der Waals surface area contributed by atoms with E-state index < -0.39 is 10.2 Å². The largest absolute Gasteiger partial charge is 0.486 e. The van der Waals surface area contributed by atoms with Gasteiger partial charge in [0, 0.05) is 20.3 Å². The van der Waals surface area contributed by atoms with Crippen molar-refractivity contribution in [2.45, 2.75) is 13.5 Å². The van der Waals surface area contributed by atoms with Crippen molar-refractivity contribution in [1.82, 2.24) is 13.3 Å². The molecule has 2 aromatic rings. The van der Waals surface area contributed by atoms with E-state index in [0.717, 1.165) is 18.3 Å². The van der Waals surface area contributed by atoms with Gasteiger partial charge < -0.3 is 4.74 Å². The quantitative estimate of drug-likeness (QED) is 0.805. The van der Waals surface area contributed by atoms with Gasteiger partial charge in [-0.25, -0.2) is 8.96 Å². The number of aryl methyl sites for hydroxylation is 1. The summed E-state index contributed by atoms with van der Waals surface area (Å²) in [7, 11) is -0.596. The van der Waals surface area contributed by atoms with Gasteiger partial charge in [-0.15, -0.1) is 0 Å². The van der Waals surface area contributed by atoms with Crippen LogP contribution in [-0.2, 0) is 16.8 Å². The summed E-state index contributed by atoms with van der Waals surface area (Å²) < 4.78 is 32.5. The van der Waals surface area contributed by atoms with Crippen LogP contribution < -0.4 is 4.74 Å². The van der Waals surface area contributed by atoms with Crippen molar-refractivity contribution in [2.24, 2.45) is 0 Å². The lowest BCUT2D eigenvalue weighted by molar-refractivity contribution is 0.300. The standard InChI is InChI=1S/C13H16BrN3O3S/c1-10-4-5-12(14)13(6-10)20-8-11-7-17(9-15-11)21(18,19)16(2)3/h4-7,9H,8H2,1-3H3. The first kappa shape index (κ1) is 16.0. The van der Waals surface area contributed by atoms with Gasteiger partial charge >= 0.3 is 10.2 Å². The van der Waals surface area contributed by atoms with Crippen molar-refractivity contribution in [3.8, 4) is 5.75 Å². The van der Waals surface area contributed by atoms with Crippen LogP contribution in [0.4, 0.5) is 0 Å². The summed E-state index contributed by atoms with van der Waals surface area (Å²) >= 11 is 3.41. The van der Waals surface area contributed by atoms with Crippen LogP contribution >= 0.6 is 15.9 Å². The Kier molecular flexibility index (Phi) is 4.70. The van der Waals surface area contributed by atoms with E-state index in [1.165, 1.54) is 26.6 Å². The van der Waals surface area contributed by atoms with Crippen molar-refractivity contribution < 1.29 is 13.2 Å². The molecule has 0 atom stereocenters. The highest BCUT2D eigenvalue weighted by atomic mass is 79.9. The lowest BCUT2D eigenvalue weighted by atomic mass is 10.2. The van der Waals surface area contributed by atoms with Gasteiger partial charge in [-0.2, -0.15) is 12.7 Å². The summed E-state index contributed by atoms with van der Waals surface area (Å²) in [6.07, 6.45) is 2.71. The molecule has 1 aromatic carbocycles. The highest BCUT2D eigenvalue weighted by Gasteiger charge is 2.16. The van der Waals surface area contributed by atoms with Crippen LogP contribution in [0.25, 0.3) is 0 Å². The molecule has 0 saturated carbocycles. The molecule has 0 radical (unpaired) electrons. The fourth-order valence-electron chi connectivity index (χ4n) is 1.61. The van der Waals surface area contributed by atoms with Gasteiger partial charge in [-0.05, 0) is 40.5 Å². The number of hydrogen-bond donors (Lipinski definition) is 0. The molecule has 114 valence electrons. The Bertz CT molecular complexity index is 741. The summed E-state index contributed by atoms with van der Waals surface area (Å²) in [5, 5.41) is 0. The van der Waals surface area contributed by atoms with E-state index in [9.17, 15) is 8.42 Å². The number of nitrogens with zero attached hydrogens (tertiary/aromatic N) is 3. The van der Waals surface area contributed by atoms with Crippen LogP contribution in [0.2, 0.25) is 0 Å². The third kappa shape index (κ3) is 3.63. The molecule has 0 fully saturated rings. The van der Waals surface area contributed by atoms with Gasteiger partial charge in [-0.3, -0.25) is 0 Å². The Morgan fingerprint density at radius 2 is 2.10 bits per heavy atom. The van der Waals surface area contributed by atoms with E-state index in [4.69, 9.17) is 4.74 Å². The fourth-order valence-corrected chi connectivity index (χ4v) is 2.77. The summed E-state index contributed by atoms with van der Waals surface area (Å²) in [5.74, 6) is 0.694. The monoisotopic (exact) mass is 373 g/mol. The third-order valence-corrected chi connectivity index (χ3v) is 5.11. The van der Waals surface area contributed by atoms with Crippen molar-refractivity contribution in [2.75, 3.05) is 14.1 Å². The smallest absolute Gasteiger partial charge is 0.308 e. The van der Waals surface area contributed by atoms with E-state index in [1.807, 2.05) is 25.1 Å². The van der Waals surface area contributed by atoms with E-state index in [-0.39, 0.29) is 6.61 Å². The number of ether oxygens (including phenoxy) is 1. The van der Waals surface area contributed by atoms with Crippen LogP contribution in [-0.4, -0.2) is 35.8 Å². The predicted octanol–water partition coefficient (Wildman–Crippen LogP) is 2.19. The first-order chi connectivity index (χ1) is 9.80. The maximum atomic E-state index is 11.9. The van der Waals surface area contributed by atoms with Gasteiger partial charge in [0.25, 0.3) is 0 Å². The molecule has 0 N–H and O–H groups in total. The number of rotatable bonds is 5. The summed E-state index contributed by atoms with van der Waals surface area (Å²) in [6.45, 7) is 2.16. The lowest BCUT2D eigenvalue weighted by Crippen LogP contribution is -2.27. The van der Waals surface area contributed by atoms with Crippen LogP contribution in [0.1, 0.15) is 11.3 Å². The Hall–Kier alpha value is -1.38. The van der Waals surface area contributed by atoms with Gasteiger partial charge in [0.05, 0.1) is 10.2 Å². The zero-order valence-electron chi connectivity index (χ0n) is 11.9. The average molecular weight is 374 g/mol. The average Bonchev–Trinajstić information content (AvgIpc) is 2.89. The molecule has 6 nitrogen and oxygen atoms in total. The number of aromatic nitrogens is 2. The molecule has 0 aliphatic rings. The Labute approximate surface area is 132 Å². The molecule has 2 rings (SSSR count). The summed E-state index contributed by atoms with van der Waals surface area (Å²) in [5.41, 5.74) is 1.61. The van der Waals surface area contributed by atoms with E-state index >= 15 is 0 Å². The molecule has 1 heterocycles. The van der Waals surface area contributed by atoms with Crippen molar-refractivity contribution in [1.29, 1.82) is 0 Å². The minimum Gasteiger partial charge on any atom is -0.486 e. The topological polar surface area (TPSA) is 64.4 Å². The maximum Gasteiger partial charge on any atom is 0.308 e. The van der Waals surface area contributed by atoms with Crippen LogP contribution in [0.3, 0.4) is 0 Å². The minimum absolute atomic E-state index is 0.192. The summed E-state index contributed by atoms with van der Waals surface area (Å²) in [6, 6.07) is 5.77. The number of benzene rings is 1. The first-order valence-electron chi connectivity index (χ1n) is 6.15. The van der Waals surface area contributed by atoms with Gasteiger partial charge in [0.15, 0.2) is 0 Å². The second-order valence-corrected chi connectivity index (χ2v) is 7.61. The molecule has 8 heteroatoms. The molecule has 0 saturated heterocycles. The molecule has 0 aliphatic heterocycles. The molecule has 1 aromatic heterocycles. The Balaban J connectivity index is 2.12. The normalized spacial score (nSPS) is 11.9. The third-order valence-electron chi connectivity index (χ3n) is 2.80. The van der Waals surface area contributed by atoms with Gasteiger partial charge in [0.1, 0.15) is 18.7 Å². The van der Waals surface area contributed by atoms with Crippen molar-refractivity contribution in [3.63, 3.8) is 0 Å². The van der Waals surface area contributed by atoms with Crippen LogP contribution in [0, 0.1) is 6.92 Å². The summed E-state index contributed by atoms with van der Waals surface area (Å²) in [4.78, 5) is 4.05. The molecule has 0 bridgehead atoms. The number of halogens is 1. The molecule has 0 unspecified atom stereocenters. The molecular weight excluding hydrogens is 358 g/mol. The Morgan fingerprint density at radius 3 is 2.76 bits per heavy atom. The van der Waals surface area contributed by atoms with Crippen LogP contribution in [0.15, 0.2) is 35.2 Å². The first-order valence-corrected chi connectivity index (χ1v) is 8.34. The van der Waals surface area contributed by atoms with Gasteiger partial charge in [0.2, 0.25) is 0 Å². The molecule has 0 spiro atoms. The molecule has 0 amide bonds. The van der Waals surface area contributed by atoms with E-state index in [2.05, 4.69) is 20.9 Å². The SMILES string of the molecule is Cc1ccc(Br)c(OCc2cn(S(=O)(=O)N(C)C)cn2)c1. The second-order valence-electron chi connectivity index (χ2n) is 4.71. The Morgan fingerprint density at radius 1 is 1.38 bits per heavy atom. The van der Waals surface area contributed by atoms with Gasteiger partial charge in [-0.1, -0.05) is 6.07 Å². The molecule has 0 aliphatic carbocycles. The molecule has 21 heavy (non-hydrogen) atoms. The number of imidazole rings is 1. The number of hydrogen-bond acceptors (Lipinski definition) is 4. The molecular formula is C13H16BrN3O3S. The zero-order valence-corrected chi connectivity index (χ0v) is 14.3. The predicted molar refractivity (Wildman–Crippen MR) is 83.4 cm³/mol. The lowest BCUT2D eigenvalue weighted by Gasteiger charge is -2.10. The minimum atomic E-state index is -3.53. The highest BCUT2D eigenvalue weighted by molar-refractivity contribution is 9.10. The van der Waals surface area contributed by atoms with Crippen molar-refractivity contribution in [3.05, 3.63) is 46.5 Å². The van der Waals surface area contributed by atoms with E-state index in [0.29, 0.717) is 11.4 Å². The highest BCUT2D eigenvalue weighted by Crippen LogP contribution is 2.26. The zero-order chi connectivity index (χ0) is 15.6. The fraction of sp³-hybridized carbons (Fsp3) is 0.308. The van der Waals surface area contributed by atoms with Crippen LogP contribution in [0.5, 0.6) is 5.75 Å². The second kappa shape index (κ2) is 6.17. The maximum absolute atomic E-state index is 11.9. The van der Waals surface area contributed by atoms with Crippen molar-refractivity contribution >= 4 is 26.1 Å². The van der Waals surface area contributed by atoms with E-state index in [1.54, 1.807) is 0 Å².